The summed E-state index contributed by atoms with van der Waals surface area (Å²) in [5, 5.41) is 3.50. The van der Waals surface area contributed by atoms with E-state index >= 15 is 0 Å². The SMILES string of the molecule is CCCC1NC(CC)C(=O)N1CC1(SC)CCC1. The van der Waals surface area contributed by atoms with Crippen LogP contribution in [0.2, 0.25) is 0 Å². The molecule has 0 bridgehead atoms. The molecule has 2 fully saturated rings. The van der Waals surface area contributed by atoms with Crippen molar-refractivity contribution in [1.82, 2.24) is 10.2 Å². The lowest BCUT2D eigenvalue weighted by Crippen LogP contribution is -2.49. The van der Waals surface area contributed by atoms with Crippen LogP contribution in [0.25, 0.3) is 0 Å². The van der Waals surface area contributed by atoms with Gasteiger partial charge < -0.3 is 4.90 Å². The van der Waals surface area contributed by atoms with Gasteiger partial charge in [-0.15, -0.1) is 0 Å². The number of carbonyl (C=O) groups excluding carboxylic acids is 1. The van der Waals surface area contributed by atoms with Crippen LogP contribution in [0.15, 0.2) is 0 Å². The van der Waals surface area contributed by atoms with Crippen LogP contribution < -0.4 is 5.32 Å². The van der Waals surface area contributed by atoms with E-state index in [2.05, 4.69) is 30.3 Å². The normalized spacial score (nSPS) is 30.6. The van der Waals surface area contributed by atoms with Crippen LogP contribution in [0.4, 0.5) is 0 Å². The van der Waals surface area contributed by atoms with Gasteiger partial charge in [0, 0.05) is 11.3 Å². The molecule has 1 N–H and O–H groups in total. The Morgan fingerprint density at radius 3 is 2.61 bits per heavy atom. The van der Waals surface area contributed by atoms with Crippen LogP contribution in [0, 0.1) is 0 Å². The summed E-state index contributed by atoms with van der Waals surface area (Å²) >= 11 is 1.96. The molecule has 2 aliphatic rings. The first-order chi connectivity index (χ1) is 8.65. The van der Waals surface area contributed by atoms with Gasteiger partial charge in [0.25, 0.3) is 0 Å². The molecule has 0 aromatic carbocycles. The van der Waals surface area contributed by atoms with E-state index in [1.54, 1.807) is 0 Å². The summed E-state index contributed by atoms with van der Waals surface area (Å²) < 4.78 is 0.353. The first-order valence-corrected chi connectivity index (χ1v) is 8.50. The summed E-state index contributed by atoms with van der Waals surface area (Å²) in [5.41, 5.74) is 0. The highest BCUT2D eigenvalue weighted by Gasteiger charge is 2.44. The van der Waals surface area contributed by atoms with Crippen molar-refractivity contribution < 1.29 is 4.79 Å². The van der Waals surface area contributed by atoms with Gasteiger partial charge in [0.1, 0.15) is 0 Å². The standard InChI is InChI=1S/C14H26N2OS/c1-4-7-12-15-11(5-2)13(17)16(12)10-14(18-3)8-6-9-14/h11-12,15H,4-10H2,1-3H3. The molecule has 0 spiro atoms. The van der Waals surface area contributed by atoms with Crippen molar-refractivity contribution in [3.8, 4) is 0 Å². The molecule has 1 aliphatic carbocycles. The topological polar surface area (TPSA) is 32.3 Å². The largest absolute Gasteiger partial charge is 0.324 e. The van der Waals surface area contributed by atoms with Crippen LogP contribution in [0.1, 0.15) is 52.4 Å². The molecule has 1 heterocycles. The summed E-state index contributed by atoms with van der Waals surface area (Å²) in [6.45, 7) is 5.23. The minimum atomic E-state index is 0.0560. The Morgan fingerprint density at radius 2 is 2.17 bits per heavy atom. The minimum Gasteiger partial charge on any atom is -0.324 e. The molecule has 104 valence electrons. The lowest BCUT2D eigenvalue weighted by atomic mass is 9.83. The van der Waals surface area contributed by atoms with Gasteiger partial charge in [-0.3, -0.25) is 10.1 Å². The monoisotopic (exact) mass is 270 g/mol. The van der Waals surface area contributed by atoms with Gasteiger partial charge in [0.2, 0.25) is 5.91 Å². The number of hydrogen-bond donors (Lipinski definition) is 1. The molecular weight excluding hydrogens is 244 g/mol. The number of nitrogens with zero attached hydrogens (tertiary/aromatic N) is 1. The van der Waals surface area contributed by atoms with Crippen molar-refractivity contribution >= 4 is 17.7 Å². The first kappa shape index (κ1) is 14.2. The summed E-state index contributed by atoms with van der Waals surface area (Å²) in [5.74, 6) is 0.330. The number of nitrogens with one attached hydrogen (secondary N) is 1. The molecule has 2 rings (SSSR count). The molecule has 2 atom stereocenters. The summed E-state index contributed by atoms with van der Waals surface area (Å²) in [7, 11) is 0. The fourth-order valence-corrected chi connectivity index (χ4v) is 4.01. The van der Waals surface area contributed by atoms with E-state index in [0.29, 0.717) is 10.7 Å². The second kappa shape index (κ2) is 5.83. The molecular formula is C14H26N2OS. The number of thioether (sulfide) groups is 1. The van der Waals surface area contributed by atoms with Crippen molar-refractivity contribution in [2.75, 3.05) is 12.8 Å². The van der Waals surface area contributed by atoms with Gasteiger partial charge in [0.15, 0.2) is 0 Å². The number of hydrogen-bond acceptors (Lipinski definition) is 3. The highest BCUT2D eigenvalue weighted by atomic mass is 32.2. The highest BCUT2D eigenvalue weighted by molar-refractivity contribution is 8.00. The molecule has 1 saturated carbocycles. The van der Waals surface area contributed by atoms with Crippen molar-refractivity contribution in [3.05, 3.63) is 0 Å². The second-order valence-electron chi connectivity index (χ2n) is 5.64. The zero-order valence-electron chi connectivity index (χ0n) is 11.9. The quantitative estimate of drug-likeness (QED) is 0.805. The molecule has 1 aliphatic heterocycles. The van der Waals surface area contributed by atoms with Gasteiger partial charge in [-0.2, -0.15) is 11.8 Å². The van der Waals surface area contributed by atoms with Crippen LogP contribution >= 0.6 is 11.8 Å². The number of rotatable bonds is 6. The lowest BCUT2D eigenvalue weighted by molar-refractivity contribution is -0.130. The lowest BCUT2D eigenvalue weighted by Gasteiger charge is -2.44. The Kier molecular flexibility index (Phi) is 4.59. The smallest absolute Gasteiger partial charge is 0.241 e. The van der Waals surface area contributed by atoms with Crippen LogP contribution in [0.5, 0.6) is 0 Å². The third kappa shape index (κ3) is 2.55. The van der Waals surface area contributed by atoms with Crippen molar-refractivity contribution in [2.45, 2.75) is 69.3 Å². The van der Waals surface area contributed by atoms with E-state index in [-0.39, 0.29) is 12.2 Å². The van der Waals surface area contributed by atoms with E-state index in [9.17, 15) is 4.79 Å². The Hall–Kier alpha value is -0.220. The maximum Gasteiger partial charge on any atom is 0.241 e. The van der Waals surface area contributed by atoms with Crippen molar-refractivity contribution in [1.29, 1.82) is 0 Å². The van der Waals surface area contributed by atoms with Gasteiger partial charge in [-0.05, 0) is 31.9 Å². The van der Waals surface area contributed by atoms with Gasteiger partial charge >= 0.3 is 0 Å². The Labute approximate surface area is 115 Å². The van der Waals surface area contributed by atoms with Crippen molar-refractivity contribution in [2.24, 2.45) is 0 Å². The van der Waals surface area contributed by atoms with Crippen LogP contribution in [-0.4, -0.2) is 40.6 Å². The van der Waals surface area contributed by atoms with E-state index in [1.165, 1.54) is 19.3 Å². The van der Waals surface area contributed by atoms with E-state index in [0.717, 1.165) is 25.8 Å². The predicted octanol–water partition coefficient (Wildman–Crippen LogP) is 2.61. The van der Waals surface area contributed by atoms with E-state index in [1.807, 2.05) is 11.8 Å². The Morgan fingerprint density at radius 1 is 1.44 bits per heavy atom. The number of amides is 1. The predicted molar refractivity (Wildman–Crippen MR) is 77.7 cm³/mol. The fourth-order valence-electron chi connectivity index (χ4n) is 3.05. The van der Waals surface area contributed by atoms with E-state index < -0.39 is 0 Å². The second-order valence-corrected chi connectivity index (χ2v) is 6.91. The minimum absolute atomic E-state index is 0.0560. The highest BCUT2D eigenvalue weighted by Crippen LogP contribution is 2.44. The van der Waals surface area contributed by atoms with Gasteiger partial charge in [-0.1, -0.05) is 26.7 Å². The summed E-state index contributed by atoms with van der Waals surface area (Å²) in [4.78, 5) is 14.5. The molecule has 3 nitrogen and oxygen atoms in total. The Balaban J connectivity index is 2.05. The molecule has 2 unspecified atom stereocenters. The first-order valence-electron chi connectivity index (χ1n) is 7.27. The van der Waals surface area contributed by atoms with Gasteiger partial charge in [0.05, 0.1) is 12.2 Å². The van der Waals surface area contributed by atoms with Crippen LogP contribution in [0.3, 0.4) is 0 Å². The molecule has 0 aromatic rings. The maximum absolute atomic E-state index is 12.4. The Bertz CT molecular complexity index is 299. The third-order valence-corrected chi connectivity index (χ3v) is 5.88. The third-order valence-electron chi connectivity index (χ3n) is 4.48. The van der Waals surface area contributed by atoms with Crippen LogP contribution in [-0.2, 0) is 4.79 Å². The van der Waals surface area contributed by atoms with Gasteiger partial charge in [-0.25, -0.2) is 0 Å². The van der Waals surface area contributed by atoms with Crippen molar-refractivity contribution in [3.63, 3.8) is 0 Å². The molecule has 0 aromatic heterocycles. The molecule has 1 amide bonds. The van der Waals surface area contributed by atoms with E-state index in [4.69, 9.17) is 0 Å². The maximum atomic E-state index is 12.4. The average molecular weight is 270 g/mol. The fraction of sp³-hybridized carbons (Fsp3) is 0.929. The average Bonchev–Trinajstić information content (AvgIpc) is 2.61. The molecule has 18 heavy (non-hydrogen) atoms. The zero-order chi connectivity index (χ0) is 13.2. The molecule has 4 heteroatoms. The molecule has 1 saturated heterocycles. The summed E-state index contributed by atoms with van der Waals surface area (Å²) in [6.07, 6.45) is 9.45. The summed E-state index contributed by atoms with van der Waals surface area (Å²) in [6, 6.07) is 0.0560. The molecule has 0 radical (unpaired) electrons. The number of carbonyl (C=O) groups is 1. The zero-order valence-corrected chi connectivity index (χ0v) is 12.7.